The Morgan fingerprint density at radius 3 is 3.06 bits per heavy atom. The lowest BCUT2D eigenvalue weighted by molar-refractivity contribution is -0.139. The van der Waals surface area contributed by atoms with Crippen LogP contribution in [0.25, 0.3) is 11.4 Å². The van der Waals surface area contributed by atoms with E-state index in [1.54, 1.807) is 10.9 Å². The van der Waals surface area contributed by atoms with Crippen LogP contribution in [-0.2, 0) is 23.0 Å². The first kappa shape index (κ1) is 10.8. The first-order valence-corrected chi connectivity index (χ1v) is 5.58. The lowest BCUT2D eigenvalue weighted by atomic mass is 10.3. The van der Waals surface area contributed by atoms with E-state index in [-0.39, 0.29) is 12.4 Å². The summed E-state index contributed by atoms with van der Waals surface area (Å²) in [6, 6.07) is 1.89. The number of aromatic nitrogens is 3. The molecule has 0 N–H and O–H groups in total. The maximum atomic E-state index is 11.1. The summed E-state index contributed by atoms with van der Waals surface area (Å²) in [6.45, 7) is 0. The van der Waals surface area contributed by atoms with Crippen LogP contribution < -0.4 is 0 Å². The quantitative estimate of drug-likeness (QED) is 0.754. The molecule has 6 heteroatoms. The minimum Gasteiger partial charge on any atom is -0.469 e. The van der Waals surface area contributed by atoms with Gasteiger partial charge in [-0.15, -0.1) is 11.3 Å². The van der Waals surface area contributed by atoms with Crippen molar-refractivity contribution in [2.75, 3.05) is 7.11 Å². The zero-order chi connectivity index (χ0) is 11.5. The van der Waals surface area contributed by atoms with Gasteiger partial charge in [0.2, 0.25) is 0 Å². The highest BCUT2D eigenvalue weighted by Crippen LogP contribution is 2.21. The van der Waals surface area contributed by atoms with Crippen LogP contribution in [0.5, 0.6) is 0 Å². The second-order valence-corrected chi connectivity index (χ2v) is 4.16. The Labute approximate surface area is 96.7 Å². The highest BCUT2D eigenvalue weighted by Gasteiger charge is 2.10. The molecule has 0 amide bonds. The molecule has 0 spiro atoms. The van der Waals surface area contributed by atoms with Gasteiger partial charge < -0.3 is 4.74 Å². The van der Waals surface area contributed by atoms with Crippen molar-refractivity contribution in [2.45, 2.75) is 6.42 Å². The van der Waals surface area contributed by atoms with Crippen LogP contribution in [0.4, 0.5) is 0 Å². The third-order valence-corrected chi connectivity index (χ3v) is 3.01. The molecule has 0 fully saturated rings. The molecular weight excluding hydrogens is 226 g/mol. The molecule has 2 heterocycles. The van der Waals surface area contributed by atoms with E-state index in [4.69, 9.17) is 0 Å². The first-order chi connectivity index (χ1) is 7.70. The number of nitrogens with zero attached hydrogens (tertiary/aromatic N) is 3. The Morgan fingerprint density at radius 2 is 2.44 bits per heavy atom. The minimum atomic E-state index is -0.272. The summed E-state index contributed by atoms with van der Waals surface area (Å²) in [7, 11) is 3.23. The molecule has 2 aromatic heterocycles. The van der Waals surface area contributed by atoms with E-state index in [1.807, 2.05) is 18.5 Å². The van der Waals surface area contributed by atoms with Crippen molar-refractivity contribution >= 4 is 17.3 Å². The Kier molecular flexibility index (Phi) is 3.00. The second-order valence-electron chi connectivity index (χ2n) is 3.22. The summed E-state index contributed by atoms with van der Waals surface area (Å²) >= 11 is 1.45. The molecule has 0 unspecified atom stereocenters. The maximum Gasteiger partial charge on any atom is 0.312 e. The molecule has 16 heavy (non-hydrogen) atoms. The van der Waals surface area contributed by atoms with Gasteiger partial charge >= 0.3 is 5.97 Å². The number of aryl methyl sites for hydroxylation is 1. The topological polar surface area (TPSA) is 57.0 Å². The molecular formula is C10H11N3O2S. The zero-order valence-electron chi connectivity index (χ0n) is 9.01. The number of thiazole rings is 1. The van der Waals surface area contributed by atoms with Gasteiger partial charge in [-0.25, -0.2) is 4.98 Å². The minimum absolute atomic E-state index is 0.221. The Morgan fingerprint density at radius 1 is 1.62 bits per heavy atom. The molecule has 0 aliphatic rings. The molecule has 0 bridgehead atoms. The summed E-state index contributed by atoms with van der Waals surface area (Å²) in [5.41, 5.74) is 1.77. The summed E-state index contributed by atoms with van der Waals surface area (Å²) < 4.78 is 6.34. The van der Waals surface area contributed by atoms with Crippen molar-refractivity contribution in [1.82, 2.24) is 14.8 Å². The Bertz CT molecular complexity index is 504. The second kappa shape index (κ2) is 4.44. The van der Waals surface area contributed by atoms with Crippen LogP contribution in [0, 0.1) is 0 Å². The fourth-order valence-electron chi connectivity index (χ4n) is 1.33. The molecule has 5 nitrogen and oxygen atoms in total. The molecule has 84 valence electrons. The number of esters is 1. The summed E-state index contributed by atoms with van der Waals surface area (Å²) in [5.74, 6) is -0.272. The van der Waals surface area contributed by atoms with E-state index in [1.165, 1.54) is 18.4 Å². The van der Waals surface area contributed by atoms with Crippen LogP contribution in [0.3, 0.4) is 0 Å². The monoisotopic (exact) mass is 237 g/mol. The number of hydrogen-bond donors (Lipinski definition) is 0. The molecule has 0 aromatic carbocycles. The third kappa shape index (κ3) is 2.11. The van der Waals surface area contributed by atoms with E-state index >= 15 is 0 Å². The largest absolute Gasteiger partial charge is 0.469 e. The van der Waals surface area contributed by atoms with Crippen molar-refractivity contribution in [3.05, 3.63) is 22.7 Å². The summed E-state index contributed by atoms with van der Waals surface area (Å²) in [4.78, 5) is 15.4. The van der Waals surface area contributed by atoms with Crippen molar-refractivity contribution in [3.63, 3.8) is 0 Å². The van der Waals surface area contributed by atoms with Gasteiger partial charge in [-0.3, -0.25) is 9.48 Å². The van der Waals surface area contributed by atoms with Gasteiger partial charge in [0.05, 0.1) is 24.9 Å². The van der Waals surface area contributed by atoms with Gasteiger partial charge in [-0.2, -0.15) is 5.10 Å². The van der Waals surface area contributed by atoms with Crippen molar-refractivity contribution in [3.8, 4) is 11.4 Å². The highest BCUT2D eigenvalue weighted by atomic mass is 32.1. The number of methoxy groups -OCH3 is 1. The molecule has 0 saturated heterocycles. The van der Waals surface area contributed by atoms with Gasteiger partial charge in [-0.05, 0) is 6.07 Å². The lowest BCUT2D eigenvalue weighted by Crippen LogP contribution is -2.04. The van der Waals surface area contributed by atoms with E-state index in [0.29, 0.717) is 0 Å². The molecule has 0 saturated carbocycles. The predicted molar refractivity (Wildman–Crippen MR) is 60.0 cm³/mol. The number of carbonyl (C=O) groups is 1. The van der Waals surface area contributed by atoms with Gasteiger partial charge in [0, 0.05) is 18.6 Å². The van der Waals surface area contributed by atoms with Crippen LogP contribution in [0.15, 0.2) is 17.6 Å². The molecule has 2 aromatic rings. The summed E-state index contributed by atoms with van der Waals surface area (Å²) in [5, 5.41) is 6.73. The van der Waals surface area contributed by atoms with Crippen LogP contribution in [0.2, 0.25) is 0 Å². The average molecular weight is 237 g/mol. The van der Waals surface area contributed by atoms with Crippen LogP contribution in [0.1, 0.15) is 5.01 Å². The van der Waals surface area contributed by atoms with Gasteiger partial charge in [0.15, 0.2) is 0 Å². The number of hydrogen-bond acceptors (Lipinski definition) is 5. The SMILES string of the molecule is COC(=O)Cc1nc(-c2ccnn2C)cs1. The van der Waals surface area contributed by atoms with Gasteiger partial charge in [0.1, 0.15) is 5.01 Å². The molecule has 2 rings (SSSR count). The van der Waals surface area contributed by atoms with E-state index in [0.717, 1.165) is 16.4 Å². The van der Waals surface area contributed by atoms with Gasteiger partial charge in [0.25, 0.3) is 0 Å². The predicted octanol–water partition coefficient (Wildman–Crippen LogP) is 1.26. The average Bonchev–Trinajstić information content (AvgIpc) is 2.86. The van der Waals surface area contributed by atoms with E-state index in [2.05, 4.69) is 14.8 Å². The normalized spacial score (nSPS) is 10.4. The smallest absolute Gasteiger partial charge is 0.312 e. The molecule has 0 atom stereocenters. The molecule has 0 radical (unpaired) electrons. The molecule has 0 aliphatic heterocycles. The first-order valence-electron chi connectivity index (χ1n) is 4.70. The molecule has 0 aliphatic carbocycles. The van der Waals surface area contributed by atoms with Crippen molar-refractivity contribution < 1.29 is 9.53 Å². The fraction of sp³-hybridized carbons (Fsp3) is 0.300. The zero-order valence-corrected chi connectivity index (χ0v) is 9.82. The maximum absolute atomic E-state index is 11.1. The Balaban J connectivity index is 2.20. The number of carbonyl (C=O) groups excluding carboxylic acids is 1. The summed E-state index contributed by atoms with van der Waals surface area (Å²) in [6.07, 6.45) is 1.94. The van der Waals surface area contributed by atoms with E-state index in [9.17, 15) is 4.79 Å². The fourth-order valence-corrected chi connectivity index (χ4v) is 2.10. The van der Waals surface area contributed by atoms with Crippen LogP contribution in [-0.4, -0.2) is 27.8 Å². The standard InChI is InChI=1S/C10H11N3O2S/c1-13-8(3-4-11-13)7-6-16-9(12-7)5-10(14)15-2/h3-4,6H,5H2,1-2H3. The highest BCUT2D eigenvalue weighted by molar-refractivity contribution is 7.10. The van der Waals surface area contributed by atoms with Crippen molar-refractivity contribution in [2.24, 2.45) is 7.05 Å². The van der Waals surface area contributed by atoms with Gasteiger partial charge in [-0.1, -0.05) is 0 Å². The lowest BCUT2D eigenvalue weighted by Gasteiger charge is -1.96. The van der Waals surface area contributed by atoms with Crippen LogP contribution >= 0.6 is 11.3 Å². The third-order valence-electron chi connectivity index (χ3n) is 2.16. The van der Waals surface area contributed by atoms with E-state index < -0.39 is 0 Å². The van der Waals surface area contributed by atoms with Crippen molar-refractivity contribution in [1.29, 1.82) is 0 Å². The number of rotatable bonds is 3. The Hall–Kier alpha value is -1.69. The number of ether oxygens (including phenoxy) is 1.